The van der Waals surface area contributed by atoms with Gasteiger partial charge in [0.25, 0.3) is 0 Å². The van der Waals surface area contributed by atoms with Crippen LogP contribution in [0.2, 0.25) is 0 Å². The molecule has 0 aliphatic carbocycles. The topological polar surface area (TPSA) is 80.5 Å². The zero-order valence-electron chi connectivity index (χ0n) is 9.14. The lowest BCUT2D eigenvalue weighted by Gasteiger charge is -2.18. The number of anilines is 2. The highest BCUT2D eigenvalue weighted by Crippen LogP contribution is 2.31. The average Bonchev–Trinajstić information content (AvgIpc) is 2.60. The van der Waals surface area contributed by atoms with Crippen molar-refractivity contribution < 1.29 is 17.1 Å². The quantitative estimate of drug-likeness (QED) is 0.473. The summed E-state index contributed by atoms with van der Waals surface area (Å²) in [7, 11) is -4.70. The monoisotopic (exact) mass is 384 g/mol. The van der Waals surface area contributed by atoms with E-state index in [2.05, 4.69) is 22.6 Å². The maximum absolute atomic E-state index is 12.9. The van der Waals surface area contributed by atoms with Gasteiger partial charge in [-0.2, -0.15) is 8.42 Å². The van der Waals surface area contributed by atoms with Crippen molar-refractivity contribution in [2.75, 3.05) is 17.2 Å². The lowest BCUT2D eigenvalue weighted by atomic mass is 10.2. The van der Waals surface area contributed by atoms with Crippen LogP contribution in [-0.2, 0) is 15.0 Å². The smallest absolute Gasteiger partial charge is 0.307 e. The van der Waals surface area contributed by atoms with E-state index in [0.29, 0.717) is 11.4 Å². The van der Waals surface area contributed by atoms with Crippen molar-refractivity contribution in [3.05, 3.63) is 21.8 Å². The Hall–Kier alpha value is -0.900. The normalized spacial score (nSPS) is 20.4. The SMILES string of the molecule is Nc1cc(I)ccc1N1CC(S(=O)(=O)F)CC1=O. The van der Waals surface area contributed by atoms with E-state index in [1.54, 1.807) is 18.2 Å². The summed E-state index contributed by atoms with van der Waals surface area (Å²) in [6.07, 6.45) is -0.343. The fraction of sp³-hybridized carbons (Fsp3) is 0.300. The molecule has 1 aliphatic heterocycles. The fourth-order valence-electron chi connectivity index (χ4n) is 1.87. The van der Waals surface area contributed by atoms with Gasteiger partial charge in [0.05, 0.1) is 11.4 Å². The Bertz CT molecular complexity index is 605. The number of nitrogen functional groups attached to an aromatic ring is 1. The molecule has 8 heteroatoms. The van der Waals surface area contributed by atoms with Gasteiger partial charge < -0.3 is 10.6 Å². The molecule has 1 heterocycles. The molecule has 1 unspecified atom stereocenters. The predicted molar refractivity (Wildman–Crippen MR) is 74.4 cm³/mol. The molecule has 1 fully saturated rings. The predicted octanol–water partition coefficient (Wildman–Crippen LogP) is 1.28. The Labute approximate surface area is 117 Å². The number of nitrogens with zero attached hydrogens (tertiary/aromatic N) is 1. The highest BCUT2D eigenvalue weighted by molar-refractivity contribution is 14.1. The minimum absolute atomic E-state index is 0.192. The maximum atomic E-state index is 12.9. The number of benzene rings is 1. The average molecular weight is 384 g/mol. The van der Waals surface area contributed by atoms with Crippen LogP contribution in [0, 0.1) is 3.57 Å². The number of carbonyl (C=O) groups is 1. The van der Waals surface area contributed by atoms with Gasteiger partial charge in [-0.25, -0.2) is 0 Å². The Morgan fingerprint density at radius 3 is 2.61 bits per heavy atom. The van der Waals surface area contributed by atoms with Crippen molar-refractivity contribution in [3.8, 4) is 0 Å². The van der Waals surface area contributed by atoms with E-state index >= 15 is 0 Å². The first-order valence-corrected chi connectivity index (χ1v) is 7.60. The van der Waals surface area contributed by atoms with E-state index in [1.165, 1.54) is 4.90 Å². The van der Waals surface area contributed by atoms with E-state index in [4.69, 9.17) is 5.73 Å². The van der Waals surface area contributed by atoms with Gasteiger partial charge >= 0.3 is 10.2 Å². The Balaban J connectivity index is 2.33. The summed E-state index contributed by atoms with van der Waals surface area (Å²) in [6.45, 7) is -0.192. The number of nitrogens with two attached hydrogens (primary N) is 1. The molecule has 1 aromatic carbocycles. The van der Waals surface area contributed by atoms with Crippen molar-refractivity contribution >= 4 is 50.1 Å². The minimum Gasteiger partial charge on any atom is -0.397 e. The molecule has 2 rings (SSSR count). The molecule has 5 nitrogen and oxygen atoms in total. The van der Waals surface area contributed by atoms with Crippen LogP contribution in [0.3, 0.4) is 0 Å². The first-order valence-electron chi connectivity index (χ1n) is 5.08. The van der Waals surface area contributed by atoms with Crippen LogP contribution >= 0.6 is 22.6 Å². The van der Waals surface area contributed by atoms with E-state index in [9.17, 15) is 17.1 Å². The molecule has 1 atom stereocenters. The minimum atomic E-state index is -4.70. The van der Waals surface area contributed by atoms with Gasteiger partial charge in [-0.05, 0) is 40.8 Å². The molecule has 0 bridgehead atoms. The third kappa shape index (κ3) is 2.58. The third-order valence-corrected chi connectivity index (χ3v) is 4.55. The molecule has 18 heavy (non-hydrogen) atoms. The molecule has 98 valence electrons. The molecule has 0 radical (unpaired) electrons. The van der Waals surface area contributed by atoms with Gasteiger partial charge in [0.15, 0.2) is 0 Å². The third-order valence-electron chi connectivity index (χ3n) is 2.77. The summed E-state index contributed by atoms with van der Waals surface area (Å²) in [5.74, 6) is -0.436. The van der Waals surface area contributed by atoms with Crippen molar-refractivity contribution in [2.45, 2.75) is 11.7 Å². The molecule has 0 saturated carbocycles. The molecule has 1 amide bonds. The van der Waals surface area contributed by atoms with Crippen LogP contribution in [0.25, 0.3) is 0 Å². The fourth-order valence-corrected chi connectivity index (χ4v) is 3.05. The second-order valence-corrected chi connectivity index (χ2v) is 6.87. The molecule has 1 saturated heterocycles. The first kappa shape index (κ1) is 13.5. The highest BCUT2D eigenvalue weighted by Gasteiger charge is 2.39. The van der Waals surface area contributed by atoms with Crippen LogP contribution < -0.4 is 10.6 Å². The summed E-state index contributed by atoms with van der Waals surface area (Å²) >= 11 is 2.07. The number of halogens is 2. The van der Waals surface area contributed by atoms with Gasteiger partial charge in [0.1, 0.15) is 5.25 Å². The summed E-state index contributed by atoms with van der Waals surface area (Å²) in [6, 6.07) is 5.04. The molecule has 1 aromatic rings. The van der Waals surface area contributed by atoms with Crippen LogP contribution in [-0.4, -0.2) is 26.1 Å². The van der Waals surface area contributed by atoms with Gasteiger partial charge in [-0.3, -0.25) is 4.79 Å². The van der Waals surface area contributed by atoms with Gasteiger partial charge in [-0.1, -0.05) is 0 Å². The van der Waals surface area contributed by atoms with Crippen LogP contribution in [0.5, 0.6) is 0 Å². The zero-order chi connectivity index (χ0) is 13.5. The zero-order valence-corrected chi connectivity index (χ0v) is 12.1. The van der Waals surface area contributed by atoms with Crippen LogP contribution in [0.15, 0.2) is 18.2 Å². The van der Waals surface area contributed by atoms with Crippen molar-refractivity contribution in [3.63, 3.8) is 0 Å². The van der Waals surface area contributed by atoms with Gasteiger partial charge in [-0.15, -0.1) is 3.89 Å². The van der Waals surface area contributed by atoms with E-state index < -0.39 is 21.4 Å². The summed E-state index contributed by atoms with van der Waals surface area (Å²) in [5.41, 5.74) is 6.57. The van der Waals surface area contributed by atoms with E-state index in [1.807, 2.05) is 0 Å². The molecule has 0 spiro atoms. The lowest BCUT2D eigenvalue weighted by Crippen LogP contribution is -2.27. The Kier molecular flexibility index (Phi) is 3.49. The largest absolute Gasteiger partial charge is 0.397 e. The van der Waals surface area contributed by atoms with Gasteiger partial charge in [0, 0.05) is 16.5 Å². The standard InChI is InChI=1S/C10H10FIN2O3S/c11-18(16,17)7-4-10(15)14(5-7)9-2-1-6(12)3-8(9)13/h1-3,7H,4-5,13H2. The summed E-state index contributed by atoms with van der Waals surface area (Å²) in [5, 5.41) is -1.30. The van der Waals surface area contributed by atoms with Crippen LogP contribution in [0.4, 0.5) is 15.3 Å². The number of rotatable bonds is 2. The number of carbonyl (C=O) groups excluding carboxylic acids is 1. The maximum Gasteiger partial charge on any atom is 0.307 e. The summed E-state index contributed by atoms with van der Waals surface area (Å²) < 4.78 is 35.4. The molecule has 0 aromatic heterocycles. The van der Waals surface area contributed by atoms with E-state index in [0.717, 1.165) is 3.57 Å². The van der Waals surface area contributed by atoms with Crippen molar-refractivity contribution in [1.82, 2.24) is 0 Å². The molecular formula is C10H10FIN2O3S. The number of amides is 1. The second kappa shape index (κ2) is 4.65. The highest BCUT2D eigenvalue weighted by atomic mass is 127. The summed E-state index contributed by atoms with van der Waals surface area (Å²) in [4.78, 5) is 12.9. The molecule has 1 aliphatic rings. The number of hydrogen-bond donors (Lipinski definition) is 1. The van der Waals surface area contributed by atoms with E-state index in [-0.39, 0.29) is 13.0 Å². The van der Waals surface area contributed by atoms with Gasteiger partial charge in [0.2, 0.25) is 5.91 Å². The Morgan fingerprint density at radius 1 is 1.44 bits per heavy atom. The van der Waals surface area contributed by atoms with Crippen LogP contribution in [0.1, 0.15) is 6.42 Å². The molecular weight excluding hydrogens is 374 g/mol. The lowest BCUT2D eigenvalue weighted by molar-refractivity contribution is -0.117. The second-order valence-electron chi connectivity index (χ2n) is 4.01. The molecule has 2 N–H and O–H groups in total. The van der Waals surface area contributed by atoms with Crippen molar-refractivity contribution in [1.29, 1.82) is 0 Å². The Morgan fingerprint density at radius 2 is 2.11 bits per heavy atom. The number of hydrogen-bond acceptors (Lipinski definition) is 4. The first-order chi connectivity index (χ1) is 8.29. The van der Waals surface area contributed by atoms with Crippen molar-refractivity contribution in [2.24, 2.45) is 0 Å².